The minimum absolute atomic E-state index is 0.169. The van der Waals surface area contributed by atoms with Gasteiger partial charge in [0.2, 0.25) is 0 Å². The molecule has 4 aliphatic rings. The van der Waals surface area contributed by atoms with Crippen molar-refractivity contribution in [2.24, 2.45) is 40.4 Å². The molecule has 0 bridgehead atoms. The van der Waals surface area contributed by atoms with Gasteiger partial charge in [-0.3, -0.25) is 9.78 Å². The van der Waals surface area contributed by atoms with Crippen molar-refractivity contribution in [3.8, 4) is 5.75 Å². The highest BCUT2D eigenvalue weighted by Gasteiger charge is 2.60. The number of fused-ring (bicyclic) bond motifs is 6. The number of ketones is 1. The Morgan fingerprint density at radius 2 is 1.85 bits per heavy atom. The fraction of sp³-hybridized carbons (Fsp3) is 0.667. The Balaban J connectivity index is 1.16. The van der Waals surface area contributed by atoms with Crippen LogP contribution < -0.4 is 4.74 Å². The summed E-state index contributed by atoms with van der Waals surface area (Å²) in [4.78, 5) is 17.8. The molecule has 0 unspecified atom stereocenters. The van der Waals surface area contributed by atoms with Crippen LogP contribution in [0.15, 0.2) is 36.5 Å². The minimum atomic E-state index is 0.169. The fourth-order valence-corrected chi connectivity index (χ4v) is 9.22. The van der Waals surface area contributed by atoms with E-state index in [-0.39, 0.29) is 17.9 Å². The van der Waals surface area contributed by atoms with Crippen LogP contribution in [0.25, 0.3) is 10.9 Å². The zero-order valence-corrected chi connectivity index (χ0v) is 20.4. The summed E-state index contributed by atoms with van der Waals surface area (Å²) < 4.78 is 6.03. The van der Waals surface area contributed by atoms with E-state index in [0.29, 0.717) is 11.2 Å². The molecule has 3 heteroatoms. The second-order valence-electron chi connectivity index (χ2n) is 12.2. The van der Waals surface area contributed by atoms with Crippen LogP contribution in [-0.4, -0.2) is 17.4 Å². The molecule has 0 spiro atoms. The summed E-state index contributed by atoms with van der Waals surface area (Å²) >= 11 is 0. The average molecular weight is 446 g/mol. The number of benzene rings is 1. The van der Waals surface area contributed by atoms with E-state index in [1.54, 1.807) is 6.20 Å². The lowest BCUT2D eigenvalue weighted by Crippen LogP contribution is -2.53. The van der Waals surface area contributed by atoms with E-state index >= 15 is 0 Å². The van der Waals surface area contributed by atoms with Gasteiger partial charge in [-0.1, -0.05) is 32.8 Å². The monoisotopic (exact) mass is 445 g/mol. The van der Waals surface area contributed by atoms with Crippen molar-refractivity contribution in [1.29, 1.82) is 0 Å². The summed E-state index contributed by atoms with van der Waals surface area (Å²) in [5.41, 5.74) is 1.70. The number of carbonyl (C=O) groups excluding carboxylic acids is 1. The number of aromatic nitrogens is 1. The summed E-state index contributed by atoms with van der Waals surface area (Å²) in [6, 6.07) is 9.90. The maximum absolute atomic E-state index is 13.5. The van der Waals surface area contributed by atoms with Crippen molar-refractivity contribution in [3.63, 3.8) is 0 Å². The molecule has 176 valence electrons. The number of carbonyl (C=O) groups is 1. The van der Waals surface area contributed by atoms with E-state index in [2.05, 4.69) is 18.8 Å². The summed E-state index contributed by atoms with van der Waals surface area (Å²) in [6.07, 6.45) is 15.3. The summed E-state index contributed by atoms with van der Waals surface area (Å²) in [6.45, 7) is 5.30. The first-order valence-corrected chi connectivity index (χ1v) is 13.5. The molecular weight excluding hydrogens is 406 g/mol. The van der Waals surface area contributed by atoms with Crippen molar-refractivity contribution < 1.29 is 9.53 Å². The fourth-order valence-electron chi connectivity index (χ4n) is 9.22. The van der Waals surface area contributed by atoms with Gasteiger partial charge in [0.15, 0.2) is 5.78 Å². The Kier molecular flexibility index (Phi) is 5.31. The number of pyridine rings is 1. The van der Waals surface area contributed by atoms with Crippen LogP contribution in [0.1, 0.15) is 78.1 Å². The van der Waals surface area contributed by atoms with Crippen LogP contribution in [-0.2, 0) is 4.79 Å². The standard InChI is InChI=1S/C30H39NO2/c1-29-15-4-3-7-21(29)8-10-23-24-11-12-26(30(24,2)16-14-25(23)29)28(32)19-33-22-9-13-27-20(18-22)6-5-17-31-27/h5-6,9,13,17-18,21,23-26H,3-4,7-8,10-12,14-16,19H2,1-2H3/t21-,23+,24+,25+,26-,29+,30+/m1/s1. The lowest BCUT2D eigenvalue weighted by atomic mass is 9.45. The minimum Gasteiger partial charge on any atom is -0.486 e. The first kappa shape index (κ1) is 21.6. The van der Waals surface area contributed by atoms with Gasteiger partial charge >= 0.3 is 0 Å². The molecule has 4 saturated carbocycles. The number of rotatable bonds is 4. The van der Waals surface area contributed by atoms with Crippen LogP contribution in [0.3, 0.4) is 0 Å². The van der Waals surface area contributed by atoms with Gasteiger partial charge in [0.05, 0.1) is 5.52 Å². The predicted molar refractivity (Wildman–Crippen MR) is 132 cm³/mol. The van der Waals surface area contributed by atoms with E-state index < -0.39 is 0 Å². The molecule has 4 fully saturated rings. The first-order valence-electron chi connectivity index (χ1n) is 13.5. The molecule has 33 heavy (non-hydrogen) atoms. The van der Waals surface area contributed by atoms with E-state index in [9.17, 15) is 4.79 Å². The highest BCUT2D eigenvalue weighted by atomic mass is 16.5. The Morgan fingerprint density at radius 1 is 0.970 bits per heavy atom. The lowest BCUT2D eigenvalue weighted by molar-refractivity contribution is -0.136. The van der Waals surface area contributed by atoms with Crippen LogP contribution in [0.5, 0.6) is 5.75 Å². The molecule has 6 rings (SSSR count). The number of nitrogens with zero attached hydrogens (tertiary/aromatic N) is 1. The van der Waals surface area contributed by atoms with Gasteiger partial charge in [-0.25, -0.2) is 0 Å². The van der Waals surface area contributed by atoms with Gasteiger partial charge in [0.1, 0.15) is 12.4 Å². The number of ether oxygens (including phenoxy) is 1. The van der Waals surface area contributed by atoms with Gasteiger partial charge in [0, 0.05) is 17.5 Å². The van der Waals surface area contributed by atoms with Crippen LogP contribution >= 0.6 is 0 Å². The summed E-state index contributed by atoms with van der Waals surface area (Å²) in [5.74, 6) is 4.69. The van der Waals surface area contributed by atoms with Crippen LogP contribution in [0.4, 0.5) is 0 Å². The molecule has 0 N–H and O–H groups in total. The van der Waals surface area contributed by atoms with Gasteiger partial charge < -0.3 is 4.74 Å². The van der Waals surface area contributed by atoms with Gasteiger partial charge in [-0.15, -0.1) is 0 Å². The third kappa shape index (κ3) is 3.44. The molecule has 4 aliphatic carbocycles. The highest BCUT2D eigenvalue weighted by Crippen LogP contribution is 2.67. The number of hydrogen-bond donors (Lipinski definition) is 0. The Labute approximate surface area is 198 Å². The van der Waals surface area contributed by atoms with Crippen molar-refractivity contribution >= 4 is 16.7 Å². The van der Waals surface area contributed by atoms with E-state index in [1.807, 2.05) is 30.3 Å². The molecular formula is C30H39NO2. The maximum Gasteiger partial charge on any atom is 0.173 e. The molecule has 1 aromatic carbocycles. The number of Topliss-reactive ketones (excluding diaryl/α,β-unsaturated/α-hetero) is 1. The summed E-state index contributed by atoms with van der Waals surface area (Å²) in [7, 11) is 0. The van der Waals surface area contributed by atoms with E-state index in [1.165, 1.54) is 57.8 Å². The normalized spacial score (nSPS) is 40.0. The van der Waals surface area contributed by atoms with Gasteiger partial charge in [-0.05, 0) is 110 Å². The Bertz CT molecular complexity index is 1050. The first-order chi connectivity index (χ1) is 16.0. The Hall–Kier alpha value is -1.90. The zero-order chi connectivity index (χ0) is 22.6. The van der Waals surface area contributed by atoms with Crippen molar-refractivity contribution in [2.75, 3.05) is 6.61 Å². The molecule has 2 aromatic rings. The molecule has 3 nitrogen and oxygen atoms in total. The average Bonchev–Trinajstić information content (AvgIpc) is 3.19. The van der Waals surface area contributed by atoms with E-state index in [0.717, 1.165) is 46.7 Å². The number of hydrogen-bond acceptors (Lipinski definition) is 3. The Morgan fingerprint density at radius 3 is 2.76 bits per heavy atom. The largest absolute Gasteiger partial charge is 0.486 e. The summed E-state index contributed by atoms with van der Waals surface area (Å²) in [5, 5.41) is 1.06. The SMILES string of the molecule is C[C@]12CCCC[C@@H]1CC[C@@H]1[C@@H]2CC[C@]2(C)[C@@H](C(=O)COc3ccc4ncccc4c3)CC[C@@H]12. The van der Waals surface area contributed by atoms with Crippen molar-refractivity contribution in [3.05, 3.63) is 36.5 Å². The van der Waals surface area contributed by atoms with Crippen LogP contribution in [0.2, 0.25) is 0 Å². The van der Waals surface area contributed by atoms with Gasteiger partial charge in [0.25, 0.3) is 0 Å². The smallest absolute Gasteiger partial charge is 0.173 e. The third-order valence-electron chi connectivity index (χ3n) is 10.9. The molecule has 0 amide bonds. The molecule has 0 radical (unpaired) electrons. The van der Waals surface area contributed by atoms with Gasteiger partial charge in [-0.2, -0.15) is 0 Å². The third-order valence-corrected chi connectivity index (χ3v) is 10.9. The van der Waals surface area contributed by atoms with Crippen LogP contribution in [0, 0.1) is 40.4 Å². The maximum atomic E-state index is 13.5. The van der Waals surface area contributed by atoms with Crippen molar-refractivity contribution in [1.82, 2.24) is 4.98 Å². The molecule has 1 aromatic heterocycles. The molecule has 1 heterocycles. The highest BCUT2D eigenvalue weighted by molar-refractivity contribution is 5.84. The lowest BCUT2D eigenvalue weighted by Gasteiger charge is -2.60. The predicted octanol–water partition coefficient (Wildman–Crippen LogP) is 7.23. The zero-order valence-electron chi connectivity index (χ0n) is 20.4. The molecule has 7 atom stereocenters. The quantitative estimate of drug-likeness (QED) is 0.498. The second kappa shape index (κ2) is 8.10. The van der Waals surface area contributed by atoms with Crippen molar-refractivity contribution in [2.45, 2.75) is 78.1 Å². The topological polar surface area (TPSA) is 39.2 Å². The molecule has 0 saturated heterocycles. The second-order valence-corrected chi connectivity index (χ2v) is 12.2. The molecule has 0 aliphatic heterocycles. The van der Waals surface area contributed by atoms with E-state index in [4.69, 9.17) is 4.74 Å².